The van der Waals surface area contributed by atoms with Crippen molar-refractivity contribution in [1.82, 2.24) is 10.2 Å². The van der Waals surface area contributed by atoms with Gasteiger partial charge in [0.25, 0.3) is 5.91 Å². The quantitative estimate of drug-likeness (QED) is 0.561. The first kappa shape index (κ1) is 26.0. The van der Waals surface area contributed by atoms with Crippen LogP contribution in [0.1, 0.15) is 35.7 Å². The Morgan fingerprint density at radius 1 is 1.03 bits per heavy atom. The van der Waals surface area contributed by atoms with Gasteiger partial charge in [-0.25, -0.2) is 0 Å². The number of hydrogen-bond donors (Lipinski definition) is 1. The van der Waals surface area contributed by atoms with Crippen molar-refractivity contribution in [2.75, 3.05) is 41.0 Å². The first-order valence-corrected chi connectivity index (χ1v) is 11.8. The van der Waals surface area contributed by atoms with Crippen molar-refractivity contribution in [3.8, 4) is 17.2 Å². The van der Waals surface area contributed by atoms with Crippen LogP contribution in [0.4, 0.5) is 0 Å². The number of rotatable bonds is 8. The zero-order valence-electron chi connectivity index (χ0n) is 20.0. The molecule has 0 unspecified atom stereocenters. The first-order valence-electron chi connectivity index (χ1n) is 11.0. The van der Waals surface area contributed by atoms with Crippen molar-refractivity contribution >= 4 is 35.0 Å². The van der Waals surface area contributed by atoms with Gasteiger partial charge in [-0.05, 0) is 41.8 Å². The summed E-state index contributed by atoms with van der Waals surface area (Å²) in [4.78, 5) is 28.2. The van der Waals surface area contributed by atoms with Crippen LogP contribution in [0.2, 0.25) is 10.0 Å². The molecule has 184 valence electrons. The molecule has 2 aromatic rings. The predicted octanol–water partition coefficient (Wildman–Crippen LogP) is 4.65. The largest absolute Gasteiger partial charge is 0.493 e. The summed E-state index contributed by atoms with van der Waals surface area (Å²) in [5, 5.41) is 3.74. The third-order valence-corrected chi connectivity index (χ3v) is 6.45. The highest BCUT2D eigenvalue weighted by Crippen LogP contribution is 2.43. The molecule has 1 N–H and O–H groups in total. The molecule has 7 nitrogen and oxygen atoms in total. The monoisotopic (exact) mass is 508 g/mol. The highest BCUT2D eigenvalue weighted by atomic mass is 35.5. The molecule has 0 aromatic heterocycles. The molecule has 1 aliphatic rings. The second-order valence-electron chi connectivity index (χ2n) is 8.64. The van der Waals surface area contributed by atoms with Crippen LogP contribution < -0.4 is 19.5 Å². The van der Waals surface area contributed by atoms with Gasteiger partial charge in [0.2, 0.25) is 11.7 Å². The van der Waals surface area contributed by atoms with Crippen molar-refractivity contribution < 1.29 is 23.8 Å². The van der Waals surface area contributed by atoms with Gasteiger partial charge in [0.05, 0.1) is 37.8 Å². The molecule has 1 aliphatic heterocycles. The molecule has 0 radical (unpaired) electrons. The lowest BCUT2D eigenvalue weighted by molar-refractivity contribution is -0.125. The van der Waals surface area contributed by atoms with Gasteiger partial charge < -0.3 is 24.4 Å². The van der Waals surface area contributed by atoms with Crippen molar-refractivity contribution in [2.24, 2.45) is 11.8 Å². The molecule has 0 bridgehead atoms. The number of carbonyl (C=O) groups excluding carboxylic acids is 2. The van der Waals surface area contributed by atoms with Gasteiger partial charge in [-0.3, -0.25) is 9.59 Å². The van der Waals surface area contributed by atoms with Crippen molar-refractivity contribution in [3.05, 3.63) is 51.5 Å². The summed E-state index contributed by atoms with van der Waals surface area (Å²) in [7, 11) is 4.62. The molecular weight excluding hydrogens is 479 g/mol. The zero-order chi connectivity index (χ0) is 25.0. The summed E-state index contributed by atoms with van der Waals surface area (Å²) in [6.07, 6.45) is 0. The summed E-state index contributed by atoms with van der Waals surface area (Å²) in [6.45, 7) is 5.20. The number of likely N-dealkylation sites (tertiary alicyclic amines) is 1. The topological polar surface area (TPSA) is 77.1 Å². The fourth-order valence-corrected chi connectivity index (χ4v) is 4.65. The zero-order valence-corrected chi connectivity index (χ0v) is 21.5. The molecule has 2 amide bonds. The van der Waals surface area contributed by atoms with E-state index in [9.17, 15) is 9.59 Å². The first-order chi connectivity index (χ1) is 16.2. The number of hydrogen-bond acceptors (Lipinski definition) is 5. The molecule has 1 fully saturated rings. The molecule has 34 heavy (non-hydrogen) atoms. The van der Waals surface area contributed by atoms with Crippen LogP contribution in [-0.4, -0.2) is 57.7 Å². The Kier molecular flexibility index (Phi) is 8.55. The van der Waals surface area contributed by atoms with E-state index in [1.807, 2.05) is 26.0 Å². The molecule has 1 saturated heterocycles. The van der Waals surface area contributed by atoms with Gasteiger partial charge in [-0.2, -0.15) is 0 Å². The lowest BCUT2D eigenvalue weighted by Crippen LogP contribution is -2.37. The van der Waals surface area contributed by atoms with Gasteiger partial charge in [0, 0.05) is 30.6 Å². The maximum Gasteiger partial charge on any atom is 0.255 e. The Hall–Kier alpha value is -2.64. The minimum atomic E-state index is -0.461. The van der Waals surface area contributed by atoms with Crippen LogP contribution in [0.15, 0.2) is 30.3 Å². The fraction of sp³-hybridized carbons (Fsp3) is 0.440. The Balaban J connectivity index is 1.99. The minimum Gasteiger partial charge on any atom is -0.493 e. The Bertz CT molecular complexity index is 1030. The van der Waals surface area contributed by atoms with Crippen LogP contribution in [0.5, 0.6) is 17.2 Å². The van der Waals surface area contributed by atoms with Crippen LogP contribution >= 0.6 is 23.2 Å². The molecular formula is C25H30Cl2N2O5. The lowest BCUT2D eigenvalue weighted by Gasteiger charge is -2.21. The van der Waals surface area contributed by atoms with Crippen LogP contribution in [0.25, 0.3) is 0 Å². The number of ether oxygens (including phenoxy) is 3. The van der Waals surface area contributed by atoms with Gasteiger partial charge >= 0.3 is 0 Å². The van der Waals surface area contributed by atoms with E-state index < -0.39 is 5.92 Å². The standard InChI is InChI=1S/C25H30Cl2N2O5/c1-14(2)11-28-24(30)19-13-29(25(31)17-7-6-16(26)10-20(17)27)12-18(19)15-8-21(32-3)23(34-5)22(9-15)33-4/h6-10,14,18-19H,11-13H2,1-5H3,(H,28,30)/t18-,19-/m1/s1. The van der Waals surface area contributed by atoms with E-state index in [1.165, 1.54) is 13.2 Å². The summed E-state index contributed by atoms with van der Waals surface area (Å²) >= 11 is 12.3. The van der Waals surface area contributed by atoms with Crippen LogP contribution in [0, 0.1) is 11.8 Å². The second kappa shape index (κ2) is 11.2. The summed E-state index contributed by atoms with van der Waals surface area (Å²) in [5.74, 6) is 0.646. The van der Waals surface area contributed by atoms with Crippen molar-refractivity contribution in [1.29, 1.82) is 0 Å². The van der Waals surface area contributed by atoms with E-state index in [1.54, 1.807) is 31.3 Å². The summed E-state index contributed by atoms with van der Waals surface area (Å²) < 4.78 is 16.5. The Morgan fingerprint density at radius 3 is 2.21 bits per heavy atom. The number of nitrogens with zero attached hydrogens (tertiary/aromatic N) is 1. The normalized spacial score (nSPS) is 17.6. The van der Waals surface area contributed by atoms with Gasteiger partial charge in [0.1, 0.15) is 0 Å². The number of methoxy groups -OCH3 is 3. The van der Waals surface area contributed by atoms with Crippen LogP contribution in [0.3, 0.4) is 0 Å². The summed E-state index contributed by atoms with van der Waals surface area (Å²) in [6, 6.07) is 8.43. The number of carbonyl (C=O) groups is 2. The van der Waals surface area contributed by atoms with E-state index in [4.69, 9.17) is 37.4 Å². The van der Waals surface area contributed by atoms with E-state index in [-0.39, 0.29) is 29.3 Å². The average molecular weight is 509 g/mol. The van der Waals surface area contributed by atoms with Crippen molar-refractivity contribution in [3.63, 3.8) is 0 Å². The lowest BCUT2D eigenvalue weighted by atomic mass is 9.87. The SMILES string of the molecule is COc1cc([C@H]2CN(C(=O)c3ccc(Cl)cc3Cl)C[C@H]2C(=O)NCC(C)C)cc(OC)c1OC. The molecule has 0 spiro atoms. The third kappa shape index (κ3) is 5.53. The molecule has 9 heteroatoms. The highest BCUT2D eigenvalue weighted by molar-refractivity contribution is 6.36. The van der Waals surface area contributed by atoms with Crippen LogP contribution in [-0.2, 0) is 4.79 Å². The highest BCUT2D eigenvalue weighted by Gasteiger charge is 2.41. The number of halogens is 2. The van der Waals surface area contributed by atoms with E-state index in [0.717, 1.165) is 5.56 Å². The molecule has 2 aromatic carbocycles. The van der Waals surface area contributed by atoms with E-state index in [2.05, 4.69) is 5.32 Å². The molecule has 3 rings (SSSR count). The Labute approximate surface area is 210 Å². The molecule has 0 aliphatic carbocycles. The number of benzene rings is 2. The number of amides is 2. The van der Waals surface area contributed by atoms with Crippen molar-refractivity contribution in [2.45, 2.75) is 19.8 Å². The van der Waals surface area contributed by atoms with E-state index >= 15 is 0 Å². The molecule has 1 heterocycles. The third-order valence-electron chi connectivity index (χ3n) is 5.91. The van der Waals surface area contributed by atoms with Gasteiger partial charge in [-0.1, -0.05) is 37.0 Å². The molecule has 0 saturated carbocycles. The van der Waals surface area contributed by atoms with Gasteiger partial charge in [0.15, 0.2) is 11.5 Å². The van der Waals surface area contributed by atoms with E-state index in [0.29, 0.717) is 46.8 Å². The maximum atomic E-state index is 13.3. The summed E-state index contributed by atoms with van der Waals surface area (Å²) in [5.41, 5.74) is 1.16. The van der Waals surface area contributed by atoms with Gasteiger partial charge in [-0.15, -0.1) is 0 Å². The molecule has 2 atom stereocenters. The fourth-order valence-electron chi connectivity index (χ4n) is 4.16. The maximum absolute atomic E-state index is 13.3. The Morgan fingerprint density at radius 2 is 1.68 bits per heavy atom. The number of nitrogens with one attached hydrogen (secondary N) is 1. The minimum absolute atomic E-state index is 0.107. The average Bonchev–Trinajstić information content (AvgIpc) is 3.26. The predicted molar refractivity (Wildman–Crippen MR) is 133 cm³/mol. The smallest absolute Gasteiger partial charge is 0.255 e. The second-order valence-corrected chi connectivity index (χ2v) is 9.49.